The number of likely N-dealkylation sites (tertiary alicyclic amines) is 1. The molecule has 0 spiro atoms. The summed E-state index contributed by atoms with van der Waals surface area (Å²) in [6.07, 6.45) is 3.60. The molecular weight excluding hydrogens is 350 g/mol. The van der Waals surface area contributed by atoms with Crippen LogP contribution in [-0.2, 0) is 9.59 Å². The number of carboxylic acid groups (broad SMARTS) is 1. The highest BCUT2D eigenvalue weighted by molar-refractivity contribution is 5.92. The number of carboxylic acids is 1. The van der Waals surface area contributed by atoms with Gasteiger partial charge in [0.2, 0.25) is 11.7 Å². The topological polar surface area (TPSA) is 85.3 Å². The van der Waals surface area contributed by atoms with E-state index in [1.165, 1.54) is 6.08 Å². The normalized spacial score (nSPS) is 18.8. The molecule has 1 saturated heterocycles. The van der Waals surface area contributed by atoms with Gasteiger partial charge in [0.05, 0.1) is 13.0 Å². The SMILES string of the molecule is COc1cc(C=CC(=O)N2CCC(C(=O)O)C2)cc2c1OCCO2.Cl. The molecule has 1 aromatic carbocycles. The van der Waals surface area contributed by atoms with Crippen LogP contribution < -0.4 is 14.2 Å². The molecule has 25 heavy (non-hydrogen) atoms. The Labute approximate surface area is 151 Å². The minimum atomic E-state index is -0.856. The number of carbonyl (C=O) groups excluding carboxylic acids is 1. The molecule has 136 valence electrons. The minimum absolute atomic E-state index is 0. The molecule has 0 saturated carbocycles. The van der Waals surface area contributed by atoms with Gasteiger partial charge < -0.3 is 24.2 Å². The van der Waals surface area contributed by atoms with E-state index < -0.39 is 11.9 Å². The van der Waals surface area contributed by atoms with Crippen LogP contribution in [-0.4, -0.2) is 55.3 Å². The Morgan fingerprint density at radius 1 is 1.32 bits per heavy atom. The number of carbonyl (C=O) groups is 2. The van der Waals surface area contributed by atoms with Gasteiger partial charge in [0.25, 0.3) is 0 Å². The average molecular weight is 370 g/mol. The second-order valence-electron chi connectivity index (χ2n) is 5.69. The first-order valence-corrected chi connectivity index (χ1v) is 7.76. The summed E-state index contributed by atoms with van der Waals surface area (Å²) >= 11 is 0. The van der Waals surface area contributed by atoms with Gasteiger partial charge in [-0.05, 0) is 30.2 Å². The summed E-state index contributed by atoms with van der Waals surface area (Å²) in [6.45, 7) is 1.65. The monoisotopic (exact) mass is 369 g/mol. The Hall–Kier alpha value is -2.41. The van der Waals surface area contributed by atoms with Gasteiger partial charge in [0.15, 0.2) is 11.5 Å². The third-order valence-corrected chi connectivity index (χ3v) is 4.12. The summed E-state index contributed by atoms with van der Waals surface area (Å²) in [4.78, 5) is 24.7. The number of methoxy groups -OCH3 is 1. The zero-order valence-electron chi connectivity index (χ0n) is 13.8. The highest BCUT2D eigenvalue weighted by atomic mass is 35.5. The molecule has 1 N–H and O–H groups in total. The van der Waals surface area contributed by atoms with Gasteiger partial charge in [0, 0.05) is 19.2 Å². The van der Waals surface area contributed by atoms with E-state index in [0.717, 1.165) is 5.56 Å². The van der Waals surface area contributed by atoms with Crippen molar-refractivity contribution < 1.29 is 28.9 Å². The van der Waals surface area contributed by atoms with Crippen LogP contribution in [0.2, 0.25) is 0 Å². The van der Waals surface area contributed by atoms with Gasteiger partial charge in [-0.2, -0.15) is 0 Å². The standard InChI is InChI=1S/C17H19NO6.ClH/c1-22-13-8-11(9-14-16(13)24-7-6-23-14)2-3-15(19)18-5-4-12(10-18)17(20)21;/h2-3,8-9,12H,4-7,10H2,1H3,(H,20,21);1H. The van der Waals surface area contributed by atoms with Crippen molar-refractivity contribution in [3.63, 3.8) is 0 Å². The lowest BCUT2D eigenvalue weighted by molar-refractivity contribution is -0.141. The van der Waals surface area contributed by atoms with Crippen molar-refractivity contribution in [1.82, 2.24) is 4.90 Å². The van der Waals surface area contributed by atoms with Gasteiger partial charge in [0.1, 0.15) is 13.2 Å². The number of nitrogens with zero attached hydrogens (tertiary/aromatic N) is 1. The third-order valence-electron chi connectivity index (χ3n) is 4.12. The smallest absolute Gasteiger partial charge is 0.308 e. The quantitative estimate of drug-likeness (QED) is 0.815. The predicted octanol–water partition coefficient (Wildman–Crippen LogP) is 1.83. The van der Waals surface area contributed by atoms with Crippen LogP contribution >= 0.6 is 12.4 Å². The molecule has 8 heteroatoms. The fraction of sp³-hybridized carbons (Fsp3) is 0.412. The summed E-state index contributed by atoms with van der Waals surface area (Å²) < 4.78 is 16.4. The largest absolute Gasteiger partial charge is 0.493 e. The van der Waals surface area contributed by atoms with Crippen LogP contribution in [0.25, 0.3) is 6.08 Å². The molecule has 3 rings (SSSR count). The molecule has 2 aliphatic heterocycles. The lowest BCUT2D eigenvalue weighted by Crippen LogP contribution is -2.28. The van der Waals surface area contributed by atoms with E-state index in [-0.39, 0.29) is 24.9 Å². The number of aliphatic carboxylic acids is 1. The van der Waals surface area contributed by atoms with Crippen molar-refractivity contribution in [2.75, 3.05) is 33.4 Å². The molecule has 1 amide bonds. The number of benzene rings is 1. The number of fused-ring (bicyclic) bond motifs is 1. The number of hydrogen-bond donors (Lipinski definition) is 1. The van der Waals surface area contributed by atoms with Crippen molar-refractivity contribution in [3.05, 3.63) is 23.8 Å². The maximum Gasteiger partial charge on any atom is 0.308 e. The maximum atomic E-state index is 12.2. The van der Waals surface area contributed by atoms with Crippen LogP contribution in [0, 0.1) is 5.92 Å². The summed E-state index contributed by atoms with van der Waals surface area (Å²) in [6, 6.07) is 3.55. The Bertz CT molecular complexity index is 673. The fourth-order valence-electron chi connectivity index (χ4n) is 2.82. The molecule has 1 atom stereocenters. The molecule has 0 radical (unpaired) electrons. The van der Waals surface area contributed by atoms with E-state index in [0.29, 0.717) is 43.4 Å². The van der Waals surface area contributed by atoms with Crippen LogP contribution in [0.5, 0.6) is 17.2 Å². The first kappa shape index (κ1) is 18.9. The maximum absolute atomic E-state index is 12.2. The van der Waals surface area contributed by atoms with Gasteiger partial charge in [-0.15, -0.1) is 12.4 Å². The molecule has 2 aliphatic rings. The zero-order valence-corrected chi connectivity index (χ0v) is 14.6. The van der Waals surface area contributed by atoms with Crippen LogP contribution in [0.15, 0.2) is 18.2 Å². The highest BCUT2D eigenvalue weighted by Crippen LogP contribution is 2.40. The van der Waals surface area contributed by atoms with Gasteiger partial charge in [-0.25, -0.2) is 0 Å². The summed E-state index contributed by atoms with van der Waals surface area (Å²) in [7, 11) is 1.54. The van der Waals surface area contributed by atoms with Crippen LogP contribution in [0.3, 0.4) is 0 Å². The Morgan fingerprint density at radius 2 is 2.08 bits per heavy atom. The molecule has 0 aliphatic carbocycles. The summed E-state index contributed by atoms with van der Waals surface area (Å²) in [5, 5.41) is 9.00. The second kappa shape index (κ2) is 8.11. The number of amides is 1. The second-order valence-corrected chi connectivity index (χ2v) is 5.69. The van der Waals surface area contributed by atoms with Crippen molar-refractivity contribution >= 4 is 30.4 Å². The number of hydrogen-bond acceptors (Lipinski definition) is 5. The van der Waals surface area contributed by atoms with E-state index in [1.54, 1.807) is 30.2 Å². The van der Waals surface area contributed by atoms with Crippen LogP contribution in [0.4, 0.5) is 0 Å². The summed E-state index contributed by atoms with van der Waals surface area (Å²) in [5.41, 5.74) is 0.749. The van der Waals surface area contributed by atoms with Crippen molar-refractivity contribution in [1.29, 1.82) is 0 Å². The Kier molecular flexibility index (Phi) is 6.14. The van der Waals surface area contributed by atoms with E-state index >= 15 is 0 Å². The van der Waals surface area contributed by atoms with Crippen molar-refractivity contribution in [2.45, 2.75) is 6.42 Å². The molecule has 1 fully saturated rings. The summed E-state index contributed by atoms with van der Waals surface area (Å²) in [5.74, 6) is 0.164. The predicted molar refractivity (Wildman–Crippen MR) is 92.6 cm³/mol. The highest BCUT2D eigenvalue weighted by Gasteiger charge is 2.29. The van der Waals surface area contributed by atoms with Gasteiger partial charge in [-0.1, -0.05) is 0 Å². The van der Waals surface area contributed by atoms with Crippen molar-refractivity contribution in [3.8, 4) is 17.2 Å². The average Bonchev–Trinajstić information content (AvgIpc) is 3.09. The van der Waals surface area contributed by atoms with Gasteiger partial charge >= 0.3 is 5.97 Å². The molecule has 1 unspecified atom stereocenters. The molecule has 1 aromatic rings. The van der Waals surface area contributed by atoms with E-state index in [2.05, 4.69) is 0 Å². The molecule has 2 heterocycles. The molecular formula is C17H20ClNO6. The molecule has 7 nitrogen and oxygen atoms in total. The van der Waals surface area contributed by atoms with Crippen LogP contribution in [0.1, 0.15) is 12.0 Å². The van der Waals surface area contributed by atoms with Gasteiger partial charge in [-0.3, -0.25) is 9.59 Å². The Morgan fingerprint density at radius 3 is 2.76 bits per heavy atom. The third kappa shape index (κ3) is 4.17. The molecule has 0 aromatic heterocycles. The van der Waals surface area contributed by atoms with E-state index in [4.69, 9.17) is 19.3 Å². The lowest BCUT2D eigenvalue weighted by Gasteiger charge is -2.21. The van der Waals surface area contributed by atoms with E-state index in [9.17, 15) is 9.59 Å². The fourth-order valence-corrected chi connectivity index (χ4v) is 2.82. The lowest BCUT2D eigenvalue weighted by atomic mass is 10.1. The zero-order chi connectivity index (χ0) is 17.1. The number of ether oxygens (including phenoxy) is 3. The number of rotatable bonds is 4. The number of halogens is 1. The first-order chi connectivity index (χ1) is 11.6. The Balaban J connectivity index is 0.00000225. The minimum Gasteiger partial charge on any atom is -0.493 e. The molecule has 0 bridgehead atoms. The van der Waals surface area contributed by atoms with Crippen molar-refractivity contribution in [2.24, 2.45) is 5.92 Å². The van der Waals surface area contributed by atoms with E-state index in [1.807, 2.05) is 0 Å². The first-order valence-electron chi connectivity index (χ1n) is 7.76.